The molecule has 1 aromatic heterocycles. The van der Waals surface area contributed by atoms with Crippen molar-refractivity contribution in [2.24, 2.45) is 0 Å². The highest BCUT2D eigenvalue weighted by Gasteiger charge is 2.12. The molecule has 3 rings (SSSR count). The van der Waals surface area contributed by atoms with E-state index in [4.69, 9.17) is 19.7 Å². The first kappa shape index (κ1) is 12.8. The molecule has 0 bridgehead atoms. The molecule has 0 amide bonds. The van der Waals surface area contributed by atoms with Crippen molar-refractivity contribution in [2.45, 2.75) is 0 Å². The largest absolute Gasteiger partial charge is 0.496 e. The molecular weight excluding hydrogens is 264 g/mol. The standard InChI is InChI=1S/C17H10N2O2/c1-20-15-5-3-11(9-18)6-14(15)17-8-13-4-2-12(10-19)7-16(13)21-17/h2-8H,1H3. The number of nitrogens with zero attached hydrogens (tertiary/aromatic N) is 2. The smallest absolute Gasteiger partial charge is 0.139 e. The molecule has 1 heterocycles. The number of ether oxygens (including phenoxy) is 1. The second-order valence-electron chi connectivity index (χ2n) is 4.50. The highest BCUT2D eigenvalue weighted by Crippen LogP contribution is 2.35. The second-order valence-corrected chi connectivity index (χ2v) is 4.50. The van der Waals surface area contributed by atoms with Crippen LogP contribution in [0, 0.1) is 22.7 Å². The first-order valence-corrected chi connectivity index (χ1v) is 6.27. The van der Waals surface area contributed by atoms with E-state index in [1.54, 1.807) is 37.4 Å². The van der Waals surface area contributed by atoms with E-state index in [9.17, 15) is 0 Å². The van der Waals surface area contributed by atoms with Crippen LogP contribution >= 0.6 is 0 Å². The average Bonchev–Trinajstić information content (AvgIpc) is 2.96. The van der Waals surface area contributed by atoms with E-state index in [-0.39, 0.29) is 0 Å². The monoisotopic (exact) mass is 274 g/mol. The lowest BCUT2D eigenvalue weighted by atomic mass is 10.1. The molecule has 0 fully saturated rings. The Bertz CT molecular complexity index is 911. The van der Waals surface area contributed by atoms with Crippen molar-refractivity contribution in [3.63, 3.8) is 0 Å². The molecule has 3 aromatic rings. The molecule has 0 aliphatic heterocycles. The summed E-state index contributed by atoms with van der Waals surface area (Å²) in [6.45, 7) is 0. The fourth-order valence-electron chi connectivity index (χ4n) is 2.20. The molecule has 0 spiro atoms. The Morgan fingerprint density at radius 2 is 1.67 bits per heavy atom. The van der Waals surface area contributed by atoms with Gasteiger partial charge >= 0.3 is 0 Å². The van der Waals surface area contributed by atoms with Gasteiger partial charge in [0, 0.05) is 5.39 Å². The Balaban J connectivity index is 2.21. The van der Waals surface area contributed by atoms with Crippen LogP contribution < -0.4 is 4.74 Å². The van der Waals surface area contributed by atoms with Gasteiger partial charge in [-0.1, -0.05) is 0 Å². The summed E-state index contributed by atoms with van der Waals surface area (Å²) < 4.78 is 11.1. The van der Waals surface area contributed by atoms with Gasteiger partial charge in [-0.05, 0) is 42.5 Å². The maximum absolute atomic E-state index is 9.02. The summed E-state index contributed by atoms with van der Waals surface area (Å²) in [5.41, 5.74) is 2.42. The molecule has 4 nitrogen and oxygen atoms in total. The van der Waals surface area contributed by atoms with Crippen LogP contribution in [0.1, 0.15) is 11.1 Å². The van der Waals surface area contributed by atoms with Crippen molar-refractivity contribution in [3.05, 3.63) is 53.6 Å². The van der Waals surface area contributed by atoms with Crippen molar-refractivity contribution in [1.82, 2.24) is 0 Å². The highest BCUT2D eigenvalue weighted by molar-refractivity contribution is 5.85. The quantitative estimate of drug-likeness (QED) is 0.711. The van der Waals surface area contributed by atoms with Crippen LogP contribution in [0.4, 0.5) is 0 Å². The van der Waals surface area contributed by atoms with Gasteiger partial charge in [0.1, 0.15) is 17.1 Å². The molecule has 0 radical (unpaired) electrons. The molecule has 0 saturated heterocycles. The maximum Gasteiger partial charge on any atom is 0.139 e. The van der Waals surface area contributed by atoms with E-state index in [0.29, 0.717) is 33.8 Å². The van der Waals surface area contributed by atoms with Crippen molar-refractivity contribution >= 4 is 11.0 Å². The van der Waals surface area contributed by atoms with Crippen molar-refractivity contribution < 1.29 is 9.15 Å². The number of methoxy groups -OCH3 is 1. The fourth-order valence-corrected chi connectivity index (χ4v) is 2.20. The topological polar surface area (TPSA) is 69.9 Å². The molecule has 0 N–H and O–H groups in total. The van der Waals surface area contributed by atoms with Crippen LogP contribution in [0.15, 0.2) is 46.9 Å². The summed E-state index contributed by atoms with van der Waals surface area (Å²) in [5, 5.41) is 18.8. The third-order valence-corrected chi connectivity index (χ3v) is 3.24. The van der Waals surface area contributed by atoms with E-state index in [1.807, 2.05) is 12.1 Å². The molecule has 0 saturated carbocycles. The van der Waals surface area contributed by atoms with E-state index in [1.165, 1.54) is 0 Å². The molecule has 100 valence electrons. The van der Waals surface area contributed by atoms with Gasteiger partial charge in [-0.15, -0.1) is 0 Å². The summed E-state index contributed by atoms with van der Waals surface area (Å²) in [4.78, 5) is 0. The summed E-state index contributed by atoms with van der Waals surface area (Å²) in [5.74, 6) is 1.24. The van der Waals surface area contributed by atoms with Crippen LogP contribution in [-0.4, -0.2) is 7.11 Å². The summed E-state index contributed by atoms with van der Waals surface area (Å²) in [6.07, 6.45) is 0. The lowest BCUT2D eigenvalue weighted by molar-refractivity contribution is 0.415. The van der Waals surface area contributed by atoms with Crippen molar-refractivity contribution in [2.75, 3.05) is 7.11 Å². The van der Waals surface area contributed by atoms with Gasteiger partial charge < -0.3 is 9.15 Å². The van der Waals surface area contributed by atoms with Gasteiger partial charge in [0.05, 0.1) is 35.9 Å². The molecule has 4 heteroatoms. The maximum atomic E-state index is 9.02. The van der Waals surface area contributed by atoms with Crippen LogP contribution in [0.2, 0.25) is 0 Å². The Kier molecular flexibility index (Phi) is 3.06. The highest BCUT2D eigenvalue weighted by atomic mass is 16.5. The molecule has 2 aromatic carbocycles. The minimum Gasteiger partial charge on any atom is -0.496 e. The number of rotatable bonds is 2. The molecular formula is C17H10N2O2. The van der Waals surface area contributed by atoms with Gasteiger partial charge in [-0.25, -0.2) is 0 Å². The van der Waals surface area contributed by atoms with Gasteiger partial charge in [-0.2, -0.15) is 10.5 Å². The first-order chi connectivity index (χ1) is 10.2. The van der Waals surface area contributed by atoms with E-state index in [2.05, 4.69) is 12.1 Å². The Morgan fingerprint density at radius 3 is 2.38 bits per heavy atom. The van der Waals surface area contributed by atoms with Gasteiger partial charge in [0.25, 0.3) is 0 Å². The van der Waals surface area contributed by atoms with Crippen LogP contribution in [0.3, 0.4) is 0 Å². The number of hydrogen-bond acceptors (Lipinski definition) is 4. The van der Waals surface area contributed by atoms with Gasteiger partial charge in [0.15, 0.2) is 0 Å². The summed E-state index contributed by atoms with van der Waals surface area (Å²) in [6, 6.07) is 16.5. The zero-order valence-electron chi connectivity index (χ0n) is 11.3. The number of benzene rings is 2. The predicted molar refractivity (Wildman–Crippen MR) is 77.6 cm³/mol. The van der Waals surface area contributed by atoms with Crippen LogP contribution in [-0.2, 0) is 0 Å². The van der Waals surface area contributed by atoms with E-state index < -0.39 is 0 Å². The number of nitriles is 2. The van der Waals surface area contributed by atoms with E-state index >= 15 is 0 Å². The summed E-state index contributed by atoms with van der Waals surface area (Å²) >= 11 is 0. The number of furan rings is 1. The molecule has 0 aliphatic rings. The number of hydrogen-bond donors (Lipinski definition) is 0. The molecule has 0 aliphatic carbocycles. The molecule has 21 heavy (non-hydrogen) atoms. The predicted octanol–water partition coefficient (Wildman–Crippen LogP) is 3.85. The minimum absolute atomic E-state index is 0.531. The molecule has 0 atom stereocenters. The summed E-state index contributed by atoms with van der Waals surface area (Å²) in [7, 11) is 1.57. The van der Waals surface area contributed by atoms with Crippen LogP contribution in [0.5, 0.6) is 5.75 Å². The Labute approximate surface area is 121 Å². The fraction of sp³-hybridized carbons (Fsp3) is 0.0588. The van der Waals surface area contributed by atoms with Crippen LogP contribution in [0.25, 0.3) is 22.3 Å². The zero-order chi connectivity index (χ0) is 14.8. The zero-order valence-corrected chi connectivity index (χ0v) is 11.3. The van der Waals surface area contributed by atoms with E-state index in [0.717, 1.165) is 5.39 Å². The molecule has 0 unspecified atom stereocenters. The third kappa shape index (κ3) is 2.20. The third-order valence-electron chi connectivity index (χ3n) is 3.24. The SMILES string of the molecule is COc1ccc(C#N)cc1-c1cc2ccc(C#N)cc2o1. The van der Waals surface area contributed by atoms with Crippen molar-refractivity contribution in [1.29, 1.82) is 10.5 Å². The van der Waals surface area contributed by atoms with Crippen molar-refractivity contribution in [3.8, 4) is 29.2 Å². The normalized spacial score (nSPS) is 10.0. The Hall–Kier alpha value is -3.24. The van der Waals surface area contributed by atoms with Gasteiger partial charge in [0.2, 0.25) is 0 Å². The second kappa shape index (κ2) is 5.03. The average molecular weight is 274 g/mol. The number of fused-ring (bicyclic) bond motifs is 1. The van der Waals surface area contributed by atoms with Gasteiger partial charge in [-0.3, -0.25) is 0 Å². The lowest BCUT2D eigenvalue weighted by Crippen LogP contribution is -1.88. The Morgan fingerprint density at radius 1 is 0.952 bits per heavy atom. The first-order valence-electron chi connectivity index (χ1n) is 6.27. The lowest BCUT2D eigenvalue weighted by Gasteiger charge is -2.05. The minimum atomic E-state index is 0.531.